The summed E-state index contributed by atoms with van der Waals surface area (Å²) in [4.78, 5) is 8.12. The molecule has 1 aromatic heterocycles. The highest BCUT2D eigenvalue weighted by Gasteiger charge is 2.01. The lowest BCUT2D eigenvalue weighted by Gasteiger charge is -2.08. The number of rotatable bonds is 7. The summed E-state index contributed by atoms with van der Waals surface area (Å²) in [5.41, 5.74) is 5.59. The minimum Gasteiger partial charge on any atom is -0.370 e. The third kappa shape index (κ3) is 5.48. The molecule has 0 aromatic carbocycles. The molecule has 1 atom stereocenters. The van der Waals surface area contributed by atoms with E-state index in [9.17, 15) is 4.21 Å². The van der Waals surface area contributed by atoms with E-state index < -0.39 is 10.8 Å². The molecule has 4 N–H and O–H groups in total. The first-order chi connectivity index (χ1) is 8.11. The Labute approximate surface area is 104 Å². The maximum absolute atomic E-state index is 10.9. The molecule has 7 heteroatoms. The molecule has 1 unspecified atom stereocenters. The third-order valence-electron chi connectivity index (χ3n) is 2.02. The van der Waals surface area contributed by atoms with E-state index >= 15 is 0 Å². The average molecular weight is 257 g/mol. The monoisotopic (exact) mass is 257 g/mol. The second-order valence-electron chi connectivity index (χ2n) is 3.58. The quantitative estimate of drug-likeness (QED) is 0.622. The van der Waals surface area contributed by atoms with Crippen molar-refractivity contribution in [3.8, 4) is 0 Å². The molecule has 1 rings (SSSR count). The number of nitrogens with zero attached hydrogens (tertiary/aromatic N) is 2. The third-order valence-corrected chi connectivity index (χ3v) is 2.88. The number of nitrogen functional groups attached to an aromatic ring is 1. The van der Waals surface area contributed by atoms with Crippen LogP contribution in [-0.2, 0) is 10.8 Å². The summed E-state index contributed by atoms with van der Waals surface area (Å²) in [7, 11) is -0.745. The van der Waals surface area contributed by atoms with Crippen LogP contribution >= 0.6 is 0 Å². The van der Waals surface area contributed by atoms with Crippen molar-refractivity contribution in [2.24, 2.45) is 0 Å². The minimum absolute atomic E-state index is 0.241. The van der Waals surface area contributed by atoms with Gasteiger partial charge in [0.25, 0.3) is 0 Å². The maximum atomic E-state index is 10.9. The van der Waals surface area contributed by atoms with Crippen LogP contribution in [0.15, 0.2) is 6.07 Å². The molecule has 0 fully saturated rings. The zero-order valence-electron chi connectivity index (χ0n) is 10.2. The van der Waals surface area contributed by atoms with Gasteiger partial charge in [-0.2, -0.15) is 9.97 Å². The van der Waals surface area contributed by atoms with Gasteiger partial charge in [-0.1, -0.05) is 0 Å². The van der Waals surface area contributed by atoms with Crippen molar-refractivity contribution in [3.05, 3.63) is 6.07 Å². The molecule has 0 aliphatic heterocycles. The molecule has 1 heterocycles. The first kappa shape index (κ1) is 13.7. The molecule has 1 aromatic rings. The van der Waals surface area contributed by atoms with E-state index in [1.807, 2.05) is 13.0 Å². The van der Waals surface area contributed by atoms with Gasteiger partial charge in [0.05, 0.1) is 0 Å². The Bertz CT molecular complexity index is 385. The van der Waals surface area contributed by atoms with Crippen LogP contribution in [0.25, 0.3) is 0 Å². The number of aromatic nitrogens is 2. The van der Waals surface area contributed by atoms with Gasteiger partial charge in [0.15, 0.2) is 0 Å². The molecule has 17 heavy (non-hydrogen) atoms. The molecule has 0 aliphatic carbocycles. The molecule has 96 valence electrons. The summed E-state index contributed by atoms with van der Waals surface area (Å²) in [6.07, 6.45) is 2.54. The number of nitrogens with one attached hydrogen (secondary N) is 2. The lowest BCUT2D eigenvalue weighted by molar-refractivity contribution is 0.685. The second kappa shape index (κ2) is 7.05. The van der Waals surface area contributed by atoms with Crippen molar-refractivity contribution in [1.29, 1.82) is 0 Å². The van der Waals surface area contributed by atoms with E-state index in [4.69, 9.17) is 5.73 Å². The van der Waals surface area contributed by atoms with Crippen LogP contribution in [0.2, 0.25) is 0 Å². The van der Waals surface area contributed by atoms with Gasteiger partial charge in [-0.15, -0.1) is 0 Å². The first-order valence-electron chi connectivity index (χ1n) is 5.54. The predicted molar refractivity (Wildman–Crippen MR) is 72.6 cm³/mol. The van der Waals surface area contributed by atoms with E-state index in [0.29, 0.717) is 17.4 Å². The van der Waals surface area contributed by atoms with Gasteiger partial charge in [-0.3, -0.25) is 4.21 Å². The zero-order valence-corrected chi connectivity index (χ0v) is 11.0. The highest BCUT2D eigenvalue weighted by Crippen LogP contribution is 2.11. The van der Waals surface area contributed by atoms with E-state index in [1.54, 1.807) is 6.26 Å². The van der Waals surface area contributed by atoms with Crippen LogP contribution in [0.4, 0.5) is 17.6 Å². The highest BCUT2D eigenvalue weighted by molar-refractivity contribution is 7.84. The van der Waals surface area contributed by atoms with Crippen LogP contribution in [0.5, 0.6) is 0 Å². The maximum Gasteiger partial charge on any atom is 0.223 e. The van der Waals surface area contributed by atoms with Crippen molar-refractivity contribution in [3.63, 3.8) is 0 Å². The van der Waals surface area contributed by atoms with E-state index in [0.717, 1.165) is 19.5 Å². The molecular weight excluding hydrogens is 238 g/mol. The van der Waals surface area contributed by atoms with Crippen molar-refractivity contribution < 1.29 is 4.21 Å². The molecule has 0 saturated carbocycles. The van der Waals surface area contributed by atoms with E-state index in [2.05, 4.69) is 20.6 Å². The standard InChI is InChI=1S/C10H19N5OS/c1-3-12-8-7-9(15-10(11)14-8)13-5-4-6-17(2)16/h7H,3-6H2,1-2H3,(H4,11,12,13,14,15). The fourth-order valence-electron chi connectivity index (χ4n) is 1.32. The van der Waals surface area contributed by atoms with Crippen LogP contribution in [0.3, 0.4) is 0 Å². The summed E-state index contributed by atoms with van der Waals surface area (Å²) < 4.78 is 10.9. The molecule has 0 spiro atoms. The van der Waals surface area contributed by atoms with Gasteiger partial charge in [-0.25, -0.2) is 0 Å². The fourth-order valence-corrected chi connectivity index (χ4v) is 1.87. The highest BCUT2D eigenvalue weighted by atomic mass is 32.2. The summed E-state index contributed by atoms with van der Waals surface area (Å²) >= 11 is 0. The Morgan fingerprint density at radius 2 is 2.00 bits per heavy atom. The van der Waals surface area contributed by atoms with Crippen LogP contribution in [0, 0.1) is 0 Å². The fraction of sp³-hybridized carbons (Fsp3) is 0.600. The van der Waals surface area contributed by atoms with Crippen molar-refractivity contribution >= 4 is 28.4 Å². The van der Waals surface area contributed by atoms with Gasteiger partial charge in [0, 0.05) is 42.0 Å². The van der Waals surface area contributed by atoms with Gasteiger partial charge < -0.3 is 16.4 Å². The van der Waals surface area contributed by atoms with Gasteiger partial charge in [0.2, 0.25) is 5.95 Å². The minimum atomic E-state index is -0.745. The summed E-state index contributed by atoms with van der Waals surface area (Å²) in [5.74, 6) is 2.33. The van der Waals surface area contributed by atoms with Gasteiger partial charge >= 0.3 is 0 Å². The topological polar surface area (TPSA) is 92.9 Å². The van der Waals surface area contributed by atoms with Gasteiger partial charge in [-0.05, 0) is 13.3 Å². The first-order valence-corrected chi connectivity index (χ1v) is 7.27. The van der Waals surface area contributed by atoms with Crippen LogP contribution in [-0.4, -0.2) is 39.3 Å². The molecular formula is C10H19N5OS. The zero-order chi connectivity index (χ0) is 12.7. The molecule has 0 amide bonds. The molecule has 0 radical (unpaired) electrons. The summed E-state index contributed by atoms with van der Waals surface area (Å²) in [6.45, 7) is 3.49. The SMILES string of the molecule is CCNc1cc(NCCCS(C)=O)nc(N)n1. The smallest absolute Gasteiger partial charge is 0.223 e. The van der Waals surface area contributed by atoms with Crippen LogP contribution in [0.1, 0.15) is 13.3 Å². The Hall–Kier alpha value is -1.37. The Morgan fingerprint density at radius 1 is 1.35 bits per heavy atom. The van der Waals surface area contributed by atoms with Crippen molar-refractivity contribution in [2.45, 2.75) is 13.3 Å². The average Bonchev–Trinajstić information content (AvgIpc) is 2.24. The number of nitrogens with two attached hydrogens (primary N) is 1. The Morgan fingerprint density at radius 3 is 2.59 bits per heavy atom. The summed E-state index contributed by atoms with van der Waals surface area (Å²) in [5, 5.41) is 6.21. The molecule has 6 nitrogen and oxygen atoms in total. The molecule has 0 saturated heterocycles. The number of hydrogen-bond acceptors (Lipinski definition) is 6. The Balaban J connectivity index is 2.49. The van der Waals surface area contributed by atoms with Crippen molar-refractivity contribution in [2.75, 3.05) is 41.5 Å². The molecule has 0 bridgehead atoms. The normalized spacial score (nSPS) is 12.1. The largest absolute Gasteiger partial charge is 0.370 e. The predicted octanol–water partition coefficient (Wildman–Crippen LogP) is 0.671. The Kier molecular flexibility index (Phi) is 5.68. The van der Waals surface area contributed by atoms with Crippen molar-refractivity contribution in [1.82, 2.24) is 9.97 Å². The summed E-state index contributed by atoms with van der Waals surface area (Å²) in [6, 6.07) is 1.81. The molecule has 0 aliphatic rings. The van der Waals surface area contributed by atoms with Crippen LogP contribution < -0.4 is 16.4 Å². The van der Waals surface area contributed by atoms with E-state index in [1.165, 1.54) is 0 Å². The number of anilines is 3. The lowest BCUT2D eigenvalue weighted by atomic mass is 10.4. The number of hydrogen-bond donors (Lipinski definition) is 3. The van der Waals surface area contributed by atoms with Gasteiger partial charge in [0.1, 0.15) is 11.6 Å². The van der Waals surface area contributed by atoms with E-state index in [-0.39, 0.29) is 5.95 Å². The lowest BCUT2D eigenvalue weighted by Crippen LogP contribution is -2.10. The second-order valence-corrected chi connectivity index (χ2v) is 5.14.